The minimum atomic E-state index is -0.0185. The van der Waals surface area contributed by atoms with Crippen molar-refractivity contribution in [1.29, 1.82) is 0 Å². The van der Waals surface area contributed by atoms with E-state index in [9.17, 15) is 0 Å². The van der Waals surface area contributed by atoms with Crippen molar-refractivity contribution in [2.75, 3.05) is 19.5 Å². The Kier molecular flexibility index (Phi) is 3.61. The highest BCUT2D eigenvalue weighted by atomic mass is 35.5. The van der Waals surface area contributed by atoms with Crippen LogP contribution in [0.15, 0.2) is 0 Å². The molecule has 0 radical (unpaired) electrons. The van der Waals surface area contributed by atoms with Crippen LogP contribution in [0.1, 0.15) is 33.1 Å². The fourth-order valence-electron chi connectivity index (χ4n) is 1.24. The highest BCUT2D eigenvalue weighted by molar-refractivity contribution is 6.18. The van der Waals surface area contributed by atoms with Gasteiger partial charge < -0.3 is 10.1 Å². The molecule has 0 saturated heterocycles. The molecule has 0 heterocycles. The number of nitrogens with one attached hydrogen (secondary N) is 1. The Morgan fingerprint density at radius 3 is 2.46 bits per heavy atom. The van der Waals surface area contributed by atoms with Crippen LogP contribution in [-0.2, 0) is 4.74 Å². The molecular weight excluding hydrogens is 186 g/mol. The van der Waals surface area contributed by atoms with Crippen LogP contribution in [0, 0.1) is 0 Å². The molecule has 1 aliphatic rings. The van der Waals surface area contributed by atoms with E-state index in [2.05, 4.69) is 19.2 Å². The minimum Gasteiger partial charge on any atom is -0.379 e. The van der Waals surface area contributed by atoms with Crippen LogP contribution in [-0.4, -0.2) is 30.7 Å². The van der Waals surface area contributed by atoms with Crippen LogP contribution < -0.4 is 5.32 Å². The van der Waals surface area contributed by atoms with Crippen LogP contribution >= 0.6 is 11.6 Å². The van der Waals surface area contributed by atoms with Gasteiger partial charge in [-0.3, -0.25) is 0 Å². The lowest BCUT2D eigenvalue weighted by Crippen LogP contribution is -2.37. The number of hydrogen-bond donors (Lipinski definition) is 1. The van der Waals surface area contributed by atoms with Crippen molar-refractivity contribution in [2.45, 2.75) is 44.2 Å². The van der Waals surface area contributed by atoms with E-state index in [-0.39, 0.29) is 11.1 Å². The molecule has 1 fully saturated rings. The number of ether oxygens (including phenoxy) is 1. The first-order chi connectivity index (χ1) is 6.04. The summed E-state index contributed by atoms with van der Waals surface area (Å²) in [6.45, 7) is 5.21. The summed E-state index contributed by atoms with van der Waals surface area (Å²) < 4.78 is 5.33. The molecule has 0 spiro atoms. The molecule has 0 aliphatic heterocycles. The second-order valence-electron chi connectivity index (χ2n) is 4.55. The zero-order valence-corrected chi connectivity index (χ0v) is 9.58. The second-order valence-corrected chi connectivity index (χ2v) is 4.82. The minimum absolute atomic E-state index is 0.0185. The molecule has 0 aromatic carbocycles. The quantitative estimate of drug-likeness (QED) is 0.672. The number of alkyl halides is 1. The lowest BCUT2D eigenvalue weighted by Gasteiger charge is -2.24. The summed E-state index contributed by atoms with van der Waals surface area (Å²) >= 11 is 5.85. The molecule has 0 unspecified atom stereocenters. The van der Waals surface area contributed by atoms with Gasteiger partial charge in [-0.15, -0.1) is 11.6 Å². The third kappa shape index (κ3) is 3.45. The van der Waals surface area contributed by atoms with E-state index < -0.39 is 0 Å². The molecule has 0 amide bonds. The van der Waals surface area contributed by atoms with Crippen LogP contribution in [0.2, 0.25) is 0 Å². The average Bonchev–Trinajstić information content (AvgIpc) is 2.85. The second kappa shape index (κ2) is 4.16. The number of halogens is 1. The van der Waals surface area contributed by atoms with Gasteiger partial charge >= 0.3 is 0 Å². The Labute approximate surface area is 86.0 Å². The maximum absolute atomic E-state index is 5.85. The van der Waals surface area contributed by atoms with Crippen LogP contribution in [0.5, 0.6) is 0 Å². The monoisotopic (exact) mass is 205 g/mol. The molecule has 0 aromatic rings. The molecule has 78 valence electrons. The summed E-state index contributed by atoms with van der Waals surface area (Å²) in [5.41, 5.74) is 0.251. The standard InChI is InChI=1S/C10H20ClNO/c1-9(2,13-3)6-7-12-10(8-11)4-5-10/h12H,4-8H2,1-3H3. The first kappa shape index (κ1) is 11.3. The van der Waals surface area contributed by atoms with Crippen LogP contribution in [0.3, 0.4) is 0 Å². The Bertz CT molecular complexity index is 160. The molecular formula is C10H20ClNO. The largest absolute Gasteiger partial charge is 0.379 e. The predicted octanol–water partition coefficient (Wildman–Crippen LogP) is 2.16. The fraction of sp³-hybridized carbons (Fsp3) is 1.00. The van der Waals surface area contributed by atoms with Crippen LogP contribution in [0.4, 0.5) is 0 Å². The van der Waals surface area contributed by atoms with Crippen molar-refractivity contribution < 1.29 is 4.74 Å². The van der Waals surface area contributed by atoms with Crippen molar-refractivity contribution in [3.63, 3.8) is 0 Å². The van der Waals surface area contributed by atoms with Gasteiger partial charge in [0.05, 0.1) is 5.60 Å². The van der Waals surface area contributed by atoms with Gasteiger partial charge in [-0.05, 0) is 39.7 Å². The van der Waals surface area contributed by atoms with Crippen molar-refractivity contribution in [3.05, 3.63) is 0 Å². The van der Waals surface area contributed by atoms with Crippen molar-refractivity contribution >= 4 is 11.6 Å². The molecule has 1 N–H and O–H groups in total. The van der Waals surface area contributed by atoms with Gasteiger partial charge in [0, 0.05) is 18.5 Å². The maximum Gasteiger partial charge on any atom is 0.0634 e. The molecule has 1 aliphatic carbocycles. The lowest BCUT2D eigenvalue weighted by atomic mass is 10.1. The lowest BCUT2D eigenvalue weighted by molar-refractivity contribution is 0.0153. The third-order valence-corrected chi connectivity index (χ3v) is 3.40. The first-order valence-corrected chi connectivity index (χ1v) is 5.43. The van der Waals surface area contributed by atoms with E-state index >= 15 is 0 Å². The van der Waals surface area contributed by atoms with Gasteiger partial charge in [-0.2, -0.15) is 0 Å². The Morgan fingerprint density at radius 2 is 2.08 bits per heavy atom. The molecule has 13 heavy (non-hydrogen) atoms. The predicted molar refractivity (Wildman–Crippen MR) is 56.4 cm³/mol. The van der Waals surface area contributed by atoms with Crippen molar-refractivity contribution in [3.8, 4) is 0 Å². The zero-order chi connectivity index (χ0) is 9.95. The molecule has 1 rings (SSSR count). The third-order valence-electron chi connectivity index (χ3n) is 2.89. The summed E-state index contributed by atoms with van der Waals surface area (Å²) in [5.74, 6) is 0.737. The number of rotatable bonds is 6. The summed E-state index contributed by atoms with van der Waals surface area (Å²) in [7, 11) is 1.76. The number of methoxy groups -OCH3 is 1. The normalized spacial score (nSPS) is 20.3. The van der Waals surface area contributed by atoms with Crippen LogP contribution in [0.25, 0.3) is 0 Å². The summed E-state index contributed by atoms with van der Waals surface area (Å²) in [4.78, 5) is 0. The highest BCUT2D eigenvalue weighted by Crippen LogP contribution is 2.36. The fourth-order valence-corrected chi connectivity index (χ4v) is 1.60. The average molecular weight is 206 g/mol. The number of hydrogen-bond acceptors (Lipinski definition) is 2. The van der Waals surface area contributed by atoms with E-state index in [0.717, 1.165) is 18.8 Å². The molecule has 0 bridgehead atoms. The van der Waals surface area contributed by atoms with Crippen molar-refractivity contribution in [1.82, 2.24) is 5.32 Å². The molecule has 0 atom stereocenters. The maximum atomic E-state index is 5.85. The summed E-state index contributed by atoms with van der Waals surface area (Å²) in [6.07, 6.45) is 3.48. The van der Waals surface area contributed by atoms with E-state index in [1.165, 1.54) is 12.8 Å². The van der Waals surface area contributed by atoms with Crippen molar-refractivity contribution in [2.24, 2.45) is 0 Å². The van der Waals surface area contributed by atoms with Gasteiger partial charge in [0.1, 0.15) is 0 Å². The first-order valence-electron chi connectivity index (χ1n) is 4.90. The summed E-state index contributed by atoms with van der Waals surface area (Å²) in [5, 5.41) is 3.50. The van der Waals surface area contributed by atoms with Gasteiger partial charge in [0.25, 0.3) is 0 Å². The van der Waals surface area contributed by atoms with Gasteiger partial charge in [-0.1, -0.05) is 0 Å². The van der Waals surface area contributed by atoms with Gasteiger partial charge in [0.15, 0.2) is 0 Å². The Morgan fingerprint density at radius 1 is 1.46 bits per heavy atom. The van der Waals surface area contributed by atoms with Gasteiger partial charge in [0.2, 0.25) is 0 Å². The van der Waals surface area contributed by atoms with E-state index in [0.29, 0.717) is 0 Å². The van der Waals surface area contributed by atoms with E-state index in [1.54, 1.807) is 7.11 Å². The highest BCUT2D eigenvalue weighted by Gasteiger charge is 2.41. The van der Waals surface area contributed by atoms with E-state index in [1.807, 2.05) is 0 Å². The SMILES string of the molecule is COC(C)(C)CCNC1(CCl)CC1. The molecule has 3 heteroatoms. The molecule has 1 saturated carbocycles. The van der Waals surface area contributed by atoms with E-state index in [4.69, 9.17) is 16.3 Å². The zero-order valence-electron chi connectivity index (χ0n) is 8.82. The smallest absolute Gasteiger partial charge is 0.0634 e. The molecule has 2 nitrogen and oxygen atoms in total. The topological polar surface area (TPSA) is 21.3 Å². The Balaban J connectivity index is 2.14. The molecule has 0 aromatic heterocycles. The van der Waals surface area contributed by atoms with Gasteiger partial charge in [-0.25, -0.2) is 0 Å². The Hall–Kier alpha value is 0.210. The summed E-state index contributed by atoms with van der Waals surface area (Å²) in [6, 6.07) is 0.